The Balaban J connectivity index is 2.20. The van der Waals surface area contributed by atoms with Gasteiger partial charge in [-0.3, -0.25) is 9.36 Å². The molecule has 1 unspecified atom stereocenters. The molecule has 0 spiro atoms. The number of hydrogen-bond donors (Lipinski definition) is 1. The van der Waals surface area contributed by atoms with Gasteiger partial charge in [-0.15, -0.1) is 0 Å². The van der Waals surface area contributed by atoms with E-state index in [1.165, 1.54) is 5.69 Å². The largest absolute Gasteiger partial charge is 0.322 e. The molecule has 2 heterocycles. The third-order valence-corrected chi connectivity index (χ3v) is 3.71. The van der Waals surface area contributed by atoms with Crippen molar-refractivity contribution in [2.75, 3.05) is 0 Å². The molecule has 0 amide bonds. The van der Waals surface area contributed by atoms with Gasteiger partial charge in [0.05, 0.1) is 23.1 Å². The summed E-state index contributed by atoms with van der Waals surface area (Å²) in [5.41, 5.74) is 10.9. The molecule has 0 aliphatic heterocycles. The predicted molar refractivity (Wildman–Crippen MR) is 80.5 cm³/mol. The lowest BCUT2D eigenvalue weighted by atomic mass is 10.1. The highest BCUT2D eigenvalue weighted by atomic mass is 15.3. The van der Waals surface area contributed by atoms with Crippen molar-refractivity contribution >= 4 is 0 Å². The molecule has 5 nitrogen and oxygen atoms in total. The maximum atomic E-state index is 6.37. The third-order valence-electron chi connectivity index (χ3n) is 3.71. The van der Waals surface area contributed by atoms with E-state index in [2.05, 4.69) is 47.8 Å². The Morgan fingerprint density at radius 3 is 2.30 bits per heavy atom. The molecule has 20 heavy (non-hydrogen) atoms. The molecule has 2 N–H and O–H groups in total. The van der Waals surface area contributed by atoms with Crippen LogP contribution in [0.4, 0.5) is 0 Å². The molecule has 5 heteroatoms. The van der Waals surface area contributed by atoms with E-state index in [-0.39, 0.29) is 6.04 Å². The SMILES string of the molecule is CCc1cc(C(N)Cc2cc(CC)nn2CC)n(C)n1. The highest BCUT2D eigenvalue weighted by Gasteiger charge is 2.16. The van der Waals surface area contributed by atoms with E-state index < -0.39 is 0 Å². The fourth-order valence-electron chi connectivity index (χ4n) is 2.52. The van der Waals surface area contributed by atoms with Crippen LogP contribution in [-0.2, 0) is 32.9 Å². The molecule has 110 valence electrons. The van der Waals surface area contributed by atoms with E-state index in [9.17, 15) is 0 Å². The maximum absolute atomic E-state index is 6.37. The van der Waals surface area contributed by atoms with Gasteiger partial charge in [-0.2, -0.15) is 10.2 Å². The van der Waals surface area contributed by atoms with Gasteiger partial charge in [0.15, 0.2) is 0 Å². The molecule has 2 aromatic heterocycles. The summed E-state index contributed by atoms with van der Waals surface area (Å²) in [6.07, 6.45) is 2.69. The van der Waals surface area contributed by atoms with Gasteiger partial charge in [-0.25, -0.2) is 0 Å². The summed E-state index contributed by atoms with van der Waals surface area (Å²) in [4.78, 5) is 0. The summed E-state index contributed by atoms with van der Waals surface area (Å²) in [7, 11) is 1.96. The second-order valence-electron chi connectivity index (χ2n) is 5.14. The van der Waals surface area contributed by atoms with E-state index in [1.54, 1.807) is 0 Å². The molecule has 0 aliphatic rings. The molecule has 1 atom stereocenters. The Bertz CT molecular complexity index is 567. The van der Waals surface area contributed by atoms with E-state index >= 15 is 0 Å². The Kier molecular flexibility index (Phi) is 4.60. The summed E-state index contributed by atoms with van der Waals surface area (Å²) >= 11 is 0. The first-order chi connectivity index (χ1) is 9.58. The standard InChI is InChI=1S/C15H25N5/c1-5-11-8-13(20(7-3)18-11)10-14(16)15-9-12(6-2)17-19(15)4/h8-9,14H,5-7,10,16H2,1-4H3. The van der Waals surface area contributed by atoms with Crippen LogP contribution in [0.5, 0.6) is 0 Å². The van der Waals surface area contributed by atoms with Crippen LogP contribution in [0.15, 0.2) is 12.1 Å². The fraction of sp³-hybridized carbons (Fsp3) is 0.600. The zero-order valence-corrected chi connectivity index (χ0v) is 12.9. The van der Waals surface area contributed by atoms with Gasteiger partial charge < -0.3 is 5.73 Å². The van der Waals surface area contributed by atoms with E-state index in [0.29, 0.717) is 0 Å². The lowest BCUT2D eigenvalue weighted by Gasteiger charge is -2.12. The number of aromatic nitrogens is 4. The van der Waals surface area contributed by atoms with Crippen LogP contribution in [0.25, 0.3) is 0 Å². The van der Waals surface area contributed by atoms with Gasteiger partial charge in [0.1, 0.15) is 0 Å². The van der Waals surface area contributed by atoms with Gasteiger partial charge in [-0.05, 0) is 31.9 Å². The number of nitrogens with two attached hydrogens (primary N) is 1. The maximum Gasteiger partial charge on any atom is 0.0625 e. The van der Waals surface area contributed by atoms with Crippen LogP contribution in [0.3, 0.4) is 0 Å². The molecule has 0 aliphatic carbocycles. The zero-order chi connectivity index (χ0) is 14.7. The van der Waals surface area contributed by atoms with Crippen LogP contribution >= 0.6 is 0 Å². The van der Waals surface area contributed by atoms with Crippen molar-refractivity contribution in [3.8, 4) is 0 Å². The Labute approximate surface area is 120 Å². The van der Waals surface area contributed by atoms with Crippen molar-refractivity contribution in [2.24, 2.45) is 12.8 Å². The van der Waals surface area contributed by atoms with Crippen molar-refractivity contribution in [3.63, 3.8) is 0 Å². The highest BCUT2D eigenvalue weighted by molar-refractivity contribution is 5.18. The summed E-state index contributed by atoms with van der Waals surface area (Å²) in [6.45, 7) is 7.23. The van der Waals surface area contributed by atoms with Gasteiger partial charge in [0.25, 0.3) is 0 Å². The van der Waals surface area contributed by atoms with Crippen LogP contribution in [0.2, 0.25) is 0 Å². The molecule has 0 saturated carbocycles. The second kappa shape index (κ2) is 6.22. The van der Waals surface area contributed by atoms with Gasteiger partial charge in [0.2, 0.25) is 0 Å². The molecule has 2 rings (SSSR count). The third kappa shape index (κ3) is 2.93. The van der Waals surface area contributed by atoms with Gasteiger partial charge >= 0.3 is 0 Å². The minimum atomic E-state index is -0.0421. The second-order valence-corrected chi connectivity index (χ2v) is 5.14. The fourth-order valence-corrected chi connectivity index (χ4v) is 2.52. The highest BCUT2D eigenvalue weighted by Crippen LogP contribution is 2.18. The summed E-state index contributed by atoms with van der Waals surface area (Å²) < 4.78 is 3.95. The minimum absolute atomic E-state index is 0.0421. The first-order valence-electron chi connectivity index (χ1n) is 7.42. The predicted octanol–water partition coefficient (Wildman–Crippen LogP) is 2.00. The lowest BCUT2D eigenvalue weighted by Crippen LogP contribution is -2.19. The quantitative estimate of drug-likeness (QED) is 0.877. The van der Waals surface area contributed by atoms with Crippen LogP contribution < -0.4 is 5.73 Å². The first-order valence-corrected chi connectivity index (χ1v) is 7.42. The number of hydrogen-bond acceptors (Lipinski definition) is 3. The number of nitrogens with zero attached hydrogens (tertiary/aromatic N) is 4. The molecular weight excluding hydrogens is 250 g/mol. The Morgan fingerprint density at radius 2 is 1.75 bits per heavy atom. The molecule has 0 saturated heterocycles. The molecule has 0 bridgehead atoms. The summed E-state index contributed by atoms with van der Waals surface area (Å²) in [5, 5.41) is 9.05. The van der Waals surface area contributed by atoms with E-state index in [1.807, 2.05) is 11.7 Å². The van der Waals surface area contributed by atoms with Crippen LogP contribution in [0, 0.1) is 0 Å². The molecule has 0 aromatic carbocycles. The molecule has 2 aromatic rings. The molecule has 0 fully saturated rings. The topological polar surface area (TPSA) is 61.7 Å². The molecular formula is C15H25N5. The Morgan fingerprint density at radius 1 is 1.10 bits per heavy atom. The van der Waals surface area contributed by atoms with E-state index in [4.69, 9.17) is 5.73 Å². The summed E-state index contributed by atoms with van der Waals surface area (Å²) in [6, 6.07) is 4.23. The van der Waals surface area contributed by atoms with Crippen molar-refractivity contribution in [1.29, 1.82) is 0 Å². The molecule has 0 radical (unpaired) electrons. The summed E-state index contributed by atoms with van der Waals surface area (Å²) in [5.74, 6) is 0. The lowest BCUT2D eigenvalue weighted by molar-refractivity contribution is 0.561. The van der Waals surface area contributed by atoms with Crippen LogP contribution in [0.1, 0.15) is 49.6 Å². The van der Waals surface area contributed by atoms with Crippen molar-refractivity contribution < 1.29 is 0 Å². The van der Waals surface area contributed by atoms with Crippen LogP contribution in [-0.4, -0.2) is 19.6 Å². The van der Waals surface area contributed by atoms with Crippen molar-refractivity contribution in [1.82, 2.24) is 19.6 Å². The number of aryl methyl sites for hydroxylation is 4. The van der Waals surface area contributed by atoms with Crippen molar-refractivity contribution in [3.05, 3.63) is 34.9 Å². The number of rotatable bonds is 6. The monoisotopic (exact) mass is 275 g/mol. The Hall–Kier alpha value is -1.62. The minimum Gasteiger partial charge on any atom is -0.322 e. The first kappa shape index (κ1) is 14.8. The van der Waals surface area contributed by atoms with Crippen molar-refractivity contribution in [2.45, 2.75) is 52.6 Å². The average Bonchev–Trinajstić information content (AvgIpc) is 3.01. The van der Waals surface area contributed by atoms with Gasteiger partial charge in [0, 0.05) is 25.7 Å². The zero-order valence-electron chi connectivity index (χ0n) is 12.9. The van der Waals surface area contributed by atoms with Gasteiger partial charge in [-0.1, -0.05) is 13.8 Å². The smallest absolute Gasteiger partial charge is 0.0625 e. The van der Waals surface area contributed by atoms with E-state index in [0.717, 1.165) is 42.9 Å². The average molecular weight is 275 g/mol. The normalized spacial score (nSPS) is 12.8.